The molecular weight excluding hydrogens is 428 g/mol. The molecule has 1 aromatic heterocycles. The summed E-state index contributed by atoms with van der Waals surface area (Å²) in [5, 5.41) is 0.748. The van der Waals surface area contributed by atoms with Crippen LogP contribution in [0.3, 0.4) is 0 Å². The third-order valence-corrected chi connectivity index (χ3v) is 11.5. The summed E-state index contributed by atoms with van der Waals surface area (Å²) in [6.07, 6.45) is 3.59. The fourth-order valence-electron chi connectivity index (χ4n) is 3.85. The third-order valence-electron chi connectivity index (χ3n) is 6.77. The molecule has 0 bridgehead atoms. The number of hydrogen-bond donors (Lipinski definition) is 0. The Morgan fingerprint density at radius 1 is 1.16 bits per heavy atom. The smallest absolute Gasteiger partial charge is 0.410 e. The van der Waals surface area contributed by atoms with Crippen molar-refractivity contribution in [1.82, 2.24) is 9.88 Å². The standard InChI is InChI=1S/C24H37ClN2O3Si/c1-16-18(25)14-17-19(30-31(8,9)23(5,6)7)15-24(20(17)26-16)10-12-27(13-11-24)21(28)29-22(2,3)4/h14-15H,10-13H2,1-9H3. The van der Waals surface area contributed by atoms with Crippen LogP contribution in [-0.2, 0) is 14.6 Å². The number of aromatic nitrogens is 1. The van der Waals surface area contributed by atoms with E-state index in [1.165, 1.54) is 0 Å². The van der Waals surface area contributed by atoms with Crippen molar-refractivity contribution >= 4 is 31.8 Å². The quantitative estimate of drug-likeness (QED) is 0.457. The fourth-order valence-corrected chi connectivity index (χ4v) is 5.03. The van der Waals surface area contributed by atoms with Gasteiger partial charge < -0.3 is 14.1 Å². The molecule has 1 aliphatic heterocycles. The van der Waals surface area contributed by atoms with Crippen LogP contribution < -0.4 is 0 Å². The highest BCUT2D eigenvalue weighted by molar-refractivity contribution is 6.74. The van der Waals surface area contributed by atoms with Crippen LogP contribution in [0.4, 0.5) is 4.79 Å². The average Bonchev–Trinajstić information content (AvgIpc) is 2.86. The van der Waals surface area contributed by atoms with E-state index in [4.69, 9.17) is 25.7 Å². The van der Waals surface area contributed by atoms with E-state index < -0.39 is 13.9 Å². The molecule has 7 heteroatoms. The lowest BCUT2D eigenvalue weighted by atomic mass is 9.77. The third kappa shape index (κ3) is 4.80. The fraction of sp³-hybridized carbons (Fsp3) is 0.667. The topological polar surface area (TPSA) is 51.7 Å². The summed E-state index contributed by atoms with van der Waals surface area (Å²) < 4.78 is 12.3. The molecule has 1 amide bonds. The van der Waals surface area contributed by atoms with Crippen molar-refractivity contribution < 1.29 is 14.0 Å². The summed E-state index contributed by atoms with van der Waals surface area (Å²) >= 11 is 6.47. The van der Waals surface area contributed by atoms with E-state index in [-0.39, 0.29) is 16.5 Å². The number of pyridine rings is 1. The monoisotopic (exact) mass is 464 g/mol. The molecule has 0 unspecified atom stereocenters. The molecule has 0 saturated carbocycles. The van der Waals surface area contributed by atoms with E-state index in [1.807, 2.05) is 33.8 Å². The second-order valence-corrected chi connectivity index (χ2v) is 16.6. The number of amides is 1. The number of hydrogen-bond acceptors (Lipinski definition) is 4. The molecule has 5 nitrogen and oxygen atoms in total. The second kappa shape index (κ2) is 7.80. The Morgan fingerprint density at radius 3 is 2.26 bits per heavy atom. The first-order valence-corrected chi connectivity index (χ1v) is 14.4. The van der Waals surface area contributed by atoms with Crippen LogP contribution in [0.2, 0.25) is 23.2 Å². The van der Waals surface area contributed by atoms with Crippen molar-refractivity contribution in [2.45, 2.75) is 90.5 Å². The van der Waals surface area contributed by atoms with Crippen LogP contribution in [0.5, 0.6) is 0 Å². The summed E-state index contributed by atoms with van der Waals surface area (Å²) in [5.74, 6) is 0.904. The Hall–Kier alpha value is -1.53. The van der Waals surface area contributed by atoms with Gasteiger partial charge in [0, 0.05) is 24.1 Å². The number of piperidine rings is 1. The van der Waals surface area contributed by atoms with E-state index in [1.54, 1.807) is 4.90 Å². The number of aryl methyl sites for hydroxylation is 1. The first kappa shape index (κ1) is 24.1. The number of ether oxygens (including phenoxy) is 1. The van der Waals surface area contributed by atoms with Crippen LogP contribution in [0.25, 0.3) is 5.76 Å². The van der Waals surface area contributed by atoms with Gasteiger partial charge in [0.25, 0.3) is 0 Å². The lowest BCUT2D eigenvalue weighted by Crippen LogP contribution is -2.46. The number of fused-ring (bicyclic) bond motifs is 2. The number of likely N-dealkylation sites (tertiary alicyclic amines) is 1. The van der Waals surface area contributed by atoms with Crippen LogP contribution in [0, 0.1) is 6.92 Å². The predicted octanol–water partition coefficient (Wildman–Crippen LogP) is 6.69. The van der Waals surface area contributed by atoms with Gasteiger partial charge in [-0.3, -0.25) is 4.98 Å². The molecule has 3 rings (SSSR count). The molecule has 1 fully saturated rings. The maximum absolute atomic E-state index is 12.6. The van der Waals surface area contributed by atoms with E-state index in [0.717, 1.165) is 35.6 Å². The average molecular weight is 465 g/mol. The van der Waals surface area contributed by atoms with Gasteiger partial charge in [-0.2, -0.15) is 0 Å². The molecule has 1 saturated heterocycles. The normalized spacial score (nSPS) is 18.6. The van der Waals surface area contributed by atoms with E-state index in [0.29, 0.717) is 18.1 Å². The minimum absolute atomic E-state index is 0.0890. The minimum atomic E-state index is -2.03. The summed E-state index contributed by atoms with van der Waals surface area (Å²) in [4.78, 5) is 19.3. The number of nitrogens with zero attached hydrogens (tertiary/aromatic N) is 2. The van der Waals surface area contributed by atoms with Crippen molar-refractivity contribution in [3.63, 3.8) is 0 Å². The Kier molecular flexibility index (Phi) is 6.07. The van der Waals surface area contributed by atoms with Gasteiger partial charge in [0.05, 0.1) is 16.4 Å². The molecule has 0 aromatic carbocycles. The first-order chi connectivity index (χ1) is 14.0. The van der Waals surface area contributed by atoms with Crippen molar-refractivity contribution in [2.75, 3.05) is 13.1 Å². The van der Waals surface area contributed by atoms with Crippen molar-refractivity contribution in [2.24, 2.45) is 0 Å². The van der Waals surface area contributed by atoms with Crippen LogP contribution in [0.15, 0.2) is 12.1 Å². The van der Waals surface area contributed by atoms with Gasteiger partial charge in [-0.05, 0) is 70.8 Å². The van der Waals surface area contributed by atoms with Crippen LogP contribution >= 0.6 is 11.6 Å². The molecule has 2 heterocycles. The largest absolute Gasteiger partial charge is 0.543 e. The number of halogens is 1. The lowest BCUT2D eigenvalue weighted by molar-refractivity contribution is 0.0182. The molecule has 2 aliphatic rings. The summed E-state index contributed by atoms with van der Waals surface area (Å²) in [6, 6.07) is 2.01. The minimum Gasteiger partial charge on any atom is -0.543 e. The molecule has 0 radical (unpaired) electrons. The zero-order valence-electron chi connectivity index (χ0n) is 20.5. The molecule has 1 spiro atoms. The SMILES string of the molecule is Cc1nc2c(cc1Cl)C(O[Si](C)(C)C(C)(C)C)=CC21CCN(C(=O)OC(C)(C)C)CC1. The lowest BCUT2D eigenvalue weighted by Gasteiger charge is -2.39. The van der Waals surface area contributed by atoms with Crippen molar-refractivity contribution in [3.05, 3.63) is 34.1 Å². The maximum Gasteiger partial charge on any atom is 0.410 e. The molecule has 0 N–H and O–H groups in total. The molecule has 1 aromatic rings. The van der Waals surface area contributed by atoms with Crippen molar-refractivity contribution in [1.29, 1.82) is 0 Å². The van der Waals surface area contributed by atoms with Gasteiger partial charge in [-0.25, -0.2) is 4.79 Å². The van der Waals surface area contributed by atoms with Crippen LogP contribution in [0.1, 0.15) is 71.3 Å². The van der Waals surface area contributed by atoms with Gasteiger partial charge in [0.2, 0.25) is 8.32 Å². The summed E-state index contributed by atoms with van der Waals surface area (Å²) in [5.41, 5.74) is 2.14. The number of allylic oxidation sites excluding steroid dienone is 1. The zero-order chi connectivity index (χ0) is 23.4. The second-order valence-electron chi connectivity index (χ2n) is 11.4. The van der Waals surface area contributed by atoms with Gasteiger partial charge in [-0.15, -0.1) is 0 Å². The highest BCUT2D eigenvalue weighted by Crippen LogP contribution is 2.50. The van der Waals surface area contributed by atoms with Crippen LogP contribution in [-0.4, -0.2) is 43.0 Å². The first-order valence-electron chi connectivity index (χ1n) is 11.1. The Labute approximate surface area is 193 Å². The Morgan fingerprint density at radius 2 is 1.74 bits per heavy atom. The molecule has 31 heavy (non-hydrogen) atoms. The summed E-state index contributed by atoms with van der Waals surface area (Å²) in [6.45, 7) is 20.1. The Balaban J connectivity index is 1.92. The zero-order valence-corrected chi connectivity index (χ0v) is 22.2. The highest BCUT2D eigenvalue weighted by Gasteiger charge is 2.47. The Bertz CT molecular complexity index is 905. The van der Waals surface area contributed by atoms with E-state index in [9.17, 15) is 4.79 Å². The number of carbonyl (C=O) groups excluding carboxylic acids is 1. The van der Waals surface area contributed by atoms with E-state index >= 15 is 0 Å². The van der Waals surface area contributed by atoms with Gasteiger partial charge in [-0.1, -0.05) is 32.4 Å². The predicted molar refractivity (Wildman–Crippen MR) is 129 cm³/mol. The van der Waals surface area contributed by atoms with E-state index in [2.05, 4.69) is 39.9 Å². The van der Waals surface area contributed by atoms with Gasteiger partial charge >= 0.3 is 6.09 Å². The van der Waals surface area contributed by atoms with Gasteiger partial charge in [0.15, 0.2) is 0 Å². The van der Waals surface area contributed by atoms with Crippen molar-refractivity contribution in [3.8, 4) is 0 Å². The molecule has 172 valence electrons. The molecule has 0 atom stereocenters. The van der Waals surface area contributed by atoms with Gasteiger partial charge in [0.1, 0.15) is 11.4 Å². The molecular formula is C24H37ClN2O3Si. The maximum atomic E-state index is 12.6. The number of rotatable bonds is 2. The highest BCUT2D eigenvalue weighted by atomic mass is 35.5. The number of carbonyl (C=O) groups is 1. The summed E-state index contributed by atoms with van der Waals surface area (Å²) in [7, 11) is -2.03. The molecule has 1 aliphatic carbocycles.